The molecule has 6 heteroatoms. The number of aryl methyl sites for hydroxylation is 2. The lowest BCUT2D eigenvalue weighted by Gasteiger charge is -2.25. The van der Waals surface area contributed by atoms with Crippen LogP contribution in [0.1, 0.15) is 42.8 Å². The van der Waals surface area contributed by atoms with Crippen molar-refractivity contribution in [2.24, 2.45) is 12.0 Å². The Hall–Kier alpha value is -2.34. The van der Waals surface area contributed by atoms with E-state index in [-0.39, 0.29) is 6.04 Å². The van der Waals surface area contributed by atoms with Crippen LogP contribution in [0.25, 0.3) is 0 Å². The van der Waals surface area contributed by atoms with Crippen LogP contribution in [-0.4, -0.2) is 53.4 Å². The number of rotatable bonds is 9. The van der Waals surface area contributed by atoms with Gasteiger partial charge in [-0.15, -0.1) is 0 Å². The van der Waals surface area contributed by atoms with Crippen molar-refractivity contribution >= 4 is 5.96 Å². The zero-order chi connectivity index (χ0) is 21.4. The van der Waals surface area contributed by atoms with E-state index in [0.29, 0.717) is 6.04 Å². The highest BCUT2D eigenvalue weighted by atomic mass is 15.3. The second-order valence-corrected chi connectivity index (χ2v) is 8.06. The second-order valence-electron chi connectivity index (χ2n) is 8.06. The van der Waals surface area contributed by atoms with Gasteiger partial charge < -0.3 is 10.6 Å². The van der Waals surface area contributed by atoms with Crippen molar-refractivity contribution in [3.05, 3.63) is 52.8 Å². The van der Waals surface area contributed by atoms with Gasteiger partial charge in [-0.3, -0.25) is 14.6 Å². The van der Waals surface area contributed by atoms with Crippen molar-refractivity contribution in [2.45, 2.75) is 59.2 Å². The van der Waals surface area contributed by atoms with Crippen LogP contribution in [0.15, 0.2) is 35.3 Å². The molecule has 2 rings (SSSR count). The maximum Gasteiger partial charge on any atom is 0.191 e. The van der Waals surface area contributed by atoms with E-state index in [4.69, 9.17) is 0 Å². The number of nitrogens with one attached hydrogen (secondary N) is 2. The first kappa shape index (κ1) is 22.9. The maximum absolute atomic E-state index is 4.52. The maximum atomic E-state index is 4.52. The minimum Gasteiger partial charge on any atom is -0.356 e. The fraction of sp³-hybridized carbons (Fsp3) is 0.565. The molecule has 1 aromatic heterocycles. The molecule has 2 aromatic rings. The lowest BCUT2D eigenvalue weighted by molar-refractivity contribution is 0.238. The number of aliphatic imine (C=N–C) groups is 1. The molecule has 0 radical (unpaired) electrons. The predicted octanol–water partition coefficient (Wildman–Crippen LogP) is 3.04. The number of hydrogen-bond donors (Lipinski definition) is 2. The zero-order valence-corrected chi connectivity index (χ0v) is 19.2. The molecule has 0 amide bonds. The van der Waals surface area contributed by atoms with Crippen LogP contribution in [0.5, 0.6) is 0 Å². The summed E-state index contributed by atoms with van der Waals surface area (Å²) in [5.74, 6) is 0.856. The monoisotopic (exact) mass is 398 g/mol. The van der Waals surface area contributed by atoms with Gasteiger partial charge in [0.2, 0.25) is 0 Å². The molecule has 1 heterocycles. The van der Waals surface area contributed by atoms with Gasteiger partial charge in [0, 0.05) is 45.0 Å². The normalized spacial score (nSPS) is 14.1. The molecule has 0 spiro atoms. The van der Waals surface area contributed by atoms with E-state index in [9.17, 15) is 0 Å². The van der Waals surface area contributed by atoms with E-state index in [2.05, 4.69) is 90.7 Å². The number of hydrogen-bond acceptors (Lipinski definition) is 3. The van der Waals surface area contributed by atoms with Gasteiger partial charge in [-0.1, -0.05) is 30.3 Å². The van der Waals surface area contributed by atoms with E-state index in [1.165, 1.54) is 16.8 Å². The van der Waals surface area contributed by atoms with Crippen LogP contribution in [0.2, 0.25) is 0 Å². The number of guanidine groups is 1. The molecular weight excluding hydrogens is 360 g/mol. The highest BCUT2D eigenvalue weighted by Crippen LogP contribution is 2.14. The minimum atomic E-state index is 0.279. The van der Waals surface area contributed by atoms with E-state index < -0.39 is 0 Å². The van der Waals surface area contributed by atoms with Gasteiger partial charge >= 0.3 is 0 Å². The molecule has 6 nitrogen and oxygen atoms in total. The summed E-state index contributed by atoms with van der Waals surface area (Å²) >= 11 is 0. The Morgan fingerprint density at radius 2 is 1.90 bits per heavy atom. The largest absolute Gasteiger partial charge is 0.356 e. The third kappa shape index (κ3) is 6.89. The van der Waals surface area contributed by atoms with E-state index >= 15 is 0 Å². The van der Waals surface area contributed by atoms with Crippen LogP contribution in [0.3, 0.4) is 0 Å². The van der Waals surface area contributed by atoms with Crippen LogP contribution in [-0.2, 0) is 20.0 Å². The molecule has 160 valence electrons. The molecule has 0 aliphatic rings. The van der Waals surface area contributed by atoms with Crippen molar-refractivity contribution in [2.75, 3.05) is 20.6 Å². The van der Waals surface area contributed by atoms with Crippen molar-refractivity contribution < 1.29 is 0 Å². The molecule has 0 bridgehead atoms. The number of aromatic nitrogens is 2. The number of nitrogens with zero attached hydrogens (tertiary/aromatic N) is 4. The van der Waals surface area contributed by atoms with E-state index in [1.807, 2.05) is 18.8 Å². The van der Waals surface area contributed by atoms with Gasteiger partial charge in [0.1, 0.15) is 0 Å². The summed E-state index contributed by atoms with van der Waals surface area (Å²) in [7, 11) is 6.01. The first-order chi connectivity index (χ1) is 13.8. The third-order valence-corrected chi connectivity index (χ3v) is 5.66. The van der Waals surface area contributed by atoms with E-state index in [1.54, 1.807) is 0 Å². The smallest absolute Gasteiger partial charge is 0.191 e. The summed E-state index contributed by atoms with van der Waals surface area (Å²) in [5.41, 5.74) is 5.01. The molecule has 0 aliphatic heterocycles. The molecular formula is C23H38N6. The SMILES string of the molecule is CN=C(NCCC(C)N(C)Cc1ccccc1)NC(C)Cc1c(C)nn(C)c1C. The quantitative estimate of drug-likeness (QED) is 0.504. The Bertz CT molecular complexity index is 780. The summed E-state index contributed by atoms with van der Waals surface area (Å²) < 4.78 is 1.96. The molecule has 0 saturated carbocycles. The van der Waals surface area contributed by atoms with Gasteiger partial charge in [-0.05, 0) is 58.7 Å². The summed E-state index contributed by atoms with van der Waals surface area (Å²) in [4.78, 5) is 6.78. The molecule has 2 N–H and O–H groups in total. The Morgan fingerprint density at radius 1 is 1.21 bits per heavy atom. The molecule has 2 unspecified atom stereocenters. The van der Waals surface area contributed by atoms with Crippen LogP contribution < -0.4 is 10.6 Å². The average molecular weight is 399 g/mol. The van der Waals surface area contributed by atoms with Gasteiger partial charge in [0.15, 0.2) is 5.96 Å². The highest BCUT2D eigenvalue weighted by molar-refractivity contribution is 5.79. The van der Waals surface area contributed by atoms with Gasteiger partial charge in [0.25, 0.3) is 0 Å². The molecule has 0 fully saturated rings. The van der Waals surface area contributed by atoms with Gasteiger partial charge in [0.05, 0.1) is 5.69 Å². The van der Waals surface area contributed by atoms with Gasteiger partial charge in [-0.25, -0.2) is 0 Å². The third-order valence-electron chi connectivity index (χ3n) is 5.66. The summed E-state index contributed by atoms with van der Waals surface area (Å²) in [6, 6.07) is 11.4. The average Bonchev–Trinajstić information content (AvgIpc) is 2.93. The van der Waals surface area contributed by atoms with Gasteiger partial charge in [-0.2, -0.15) is 5.10 Å². The van der Waals surface area contributed by atoms with Crippen molar-refractivity contribution in [1.82, 2.24) is 25.3 Å². The zero-order valence-electron chi connectivity index (χ0n) is 19.2. The van der Waals surface area contributed by atoms with Crippen LogP contribution in [0, 0.1) is 13.8 Å². The first-order valence-electron chi connectivity index (χ1n) is 10.5. The molecule has 0 saturated heterocycles. The fourth-order valence-electron chi connectivity index (χ4n) is 3.55. The second kappa shape index (κ2) is 11.0. The van der Waals surface area contributed by atoms with Crippen molar-refractivity contribution in [3.63, 3.8) is 0 Å². The Kier molecular flexibility index (Phi) is 8.70. The summed E-state index contributed by atoms with van der Waals surface area (Å²) in [6.45, 7) is 10.5. The highest BCUT2D eigenvalue weighted by Gasteiger charge is 2.14. The lowest BCUT2D eigenvalue weighted by Crippen LogP contribution is -2.44. The number of benzene rings is 1. The summed E-state index contributed by atoms with van der Waals surface area (Å²) in [6.07, 6.45) is 1.99. The molecule has 1 aromatic carbocycles. The Balaban J connectivity index is 1.76. The molecule has 29 heavy (non-hydrogen) atoms. The van der Waals surface area contributed by atoms with Crippen LogP contribution >= 0.6 is 0 Å². The topological polar surface area (TPSA) is 57.5 Å². The lowest BCUT2D eigenvalue weighted by atomic mass is 10.1. The predicted molar refractivity (Wildman–Crippen MR) is 122 cm³/mol. The molecule has 2 atom stereocenters. The Labute approximate surface area is 176 Å². The molecule has 0 aliphatic carbocycles. The Morgan fingerprint density at radius 3 is 2.48 bits per heavy atom. The minimum absolute atomic E-state index is 0.279. The van der Waals surface area contributed by atoms with Crippen molar-refractivity contribution in [3.8, 4) is 0 Å². The first-order valence-corrected chi connectivity index (χ1v) is 10.5. The standard InChI is InChI=1S/C23H38N6/c1-17(15-22-19(3)27-29(7)20(22)4)26-23(24-5)25-14-13-18(2)28(6)16-21-11-9-8-10-12-21/h8-12,17-18H,13-16H2,1-7H3,(H2,24,25,26). The van der Waals surface area contributed by atoms with Crippen molar-refractivity contribution in [1.29, 1.82) is 0 Å². The van der Waals surface area contributed by atoms with Crippen LogP contribution in [0.4, 0.5) is 0 Å². The summed E-state index contributed by atoms with van der Waals surface area (Å²) in [5, 5.41) is 11.5. The van der Waals surface area contributed by atoms with E-state index in [0.717, 1.165) is 37.6 Å². The fourth-order valence-corrected chi connectivity index (χ4v) is 3.55.